The summed E-state index contributed by atoms with van der Waals surface area (Å²) in [5, 5.41) is 11.0. The summed E-state index contributed by atoms with van der Waals surface area (Å²) in [4.78, 5) is 24.7. The van der Waals surface area contributed by atoms with Crippen LogP contribution >= 0.6 is 0 Å². The second-order valence-electron chi connectivity index (χ2n) is 5.19. The fourth-order valence-electron chi connectivity index (χ4n) is 2.60. The van der Waals surface area contributed by atoms with Crippen LogP contribution in [-0.2, 0) is 13.1 Å². The molecule has 5 nitrogen and oxygen atoms in total. The molecule has 0 fully saturated rings. The average molecular weight is 282 g/mol. The lowest BCUT2D eigenvalue weighted by atomic mass is 10.1. The van der Waals surface area contributed by atoms with Crippen molar-refractivity contribution in [3.63, 3.8) is 0 Å². The standard InChI is InChI=1S/C16H14N2O3/c1-11-6-7-12(8-15(11)18(20)21)16(19)17-9-13-4-2-3-5-14(13)10-17/h2-8H,9-10H2,1H3. The number of amides is 1. The van der Waals surface area contributed by atoms with Gasteiger partial charge in [-0.3, -0.25) is 14.9 Å². The lowest BCUT2D eigenvalue weighted by Gasteiger charge is -2.15. The van der Waals surface area contributed by atoms with E-state index < -0.39 is 4.92 Å². The molecule has 0 aromatic heterocycles. The van der Waals surface area contributed by atoms with Crippen LogP contribution in [0.15, 0.2) is 42.5 Å². The van der Waals surface area contributed by atoms with Gasteiger partial charge in [-0.2, -0.15) is 0 Å². The Morgan fingerprint density at radius 2 is 1.76 bits per heavy atom. The molecule has 5 heteroatoms. The quantitative estimate of drug-likeness (QED) is 0.628. The van der Waals surface area contributed by atoms with Crippen molar-refractivity contribution in [3.05, 3.63) is 74.8 Å². The highest BCUT2D eigenvalue weighted by Gasteiger charge is 2.25. The Kier molecular flexibility index (Phi) is 3.17. The van der Waals surface area contributed by atoms with Crippen LogP contribution in [0.25, 0.3) is 0 Å². The van der Waals surface area contributed by atoms with Gasteiger partial charge in [-0.1, -0.05) is 30.3 Å². The van der Waals surface area contributed by atoms with Crippen molar-refractivity contribution >= 4 is 11.6 Å². The number of carbonyl (C=O) groups excluding carboxylic acids is 1. The minimum absolute atomic E-state index is 0.0161. The largest absolute Gasteiger partial charge is 0.330 e. The summed E-state index contributed by atoms with van der Waals surface area (Å²) in [7, 11) is 0. The first-order valence-electron chi connectivity index (χ1n) is 6.67. The summed E-state index contributed by atoms with van der Waals surface area (Å²) in [5.41, 5.74) is 3.17. The molecule has 106 valence electrons. The van der Waals surface area contributed by atoms with E-state index in [2.05, 4.69) is 0 Å². The Balaban J connectivity index is 1.87. The lowest BCUT2D eigenvalue weighted by Crippen LogP contribution is -2.25. The smallest absolute Gasteiger partial charge is 0.273 e. The van der Waals surface area contributed by atoms with Crippen molar-refractivity contribution in [1.29, 1.82) is 0 Å². The number of nitro groups is 1. The molecule has 0 aliphatic carbocycles. The van der Waals surface area contributed by atoms with E-state index in [0.29, 0.717) is 24.2 Å². The number of nitro benzene ring substituents is 1. The van der Waals surface area contributed by atoms with Crippen molar-refractivity contribution in [1.82, 2.24) is 4.90 Å². The van der Waals surface area contributed by atoms with Crippen molar-refractivity contribution in [2.45, 2.75) is 20.0 Å². The van der Waals surface area contributed by atoms with Crippen molar-refractivity contribution < 1.29 is 9.72 Å². The highest BCUT2D eigenvalue weighted by atomic mass is 16.6. The normalized spacial score (nSPS) is 13.1. The maximum Gasteiger partial charge on any atom is 0.273 e. The van der Waals surface area contributed by atoms with Crippen LogP contribution in [0.2, 0.25) is 0 Å². The number of rotatable bonds is 2. The van der Waals surface area contributed by atoms with Crippen LogP contribution in [0, 0.1) is 17.0 Å². The second kappa shape index (κ2) is 5.01. The topological polar surface area (TPSA) is 63.5 Å². The van der Waals surface area contributed by atoms with E-state index in [1.807, 2.05) is 24.3 Å². The number of fused-ring (bicyclic) bond motifs is 1. The highest BCUT2D eigenvalue weighted by Crippen LogP contribution is 2.26. The molecule has 2 aromatic rings. The molecule has 0 radical (unpaired) electrons. The van der Waals surface area contributed by atoms with Gasteiger partial charge < -0.3 is 4.90 Å². The van der Waals surface area contributed by atoms with Crippen LogP contribution in [0.1, 0.15) is 27.0 Å². The SMILES string of the molecule is Cc1ccc(C(=O)N2Cc3ccccc3C2)cc1[N+](=O)[O-]. The molecule has 0 saturated carbocycles. The lowest BCUT2D eigenvalue weighted by molar-refractivity contribution is -0.385. The molecule has 1 amide bonds. The molecule has 0 saturated heterocycles. The molecule has 1 aliphatic rings. The van der Waals surface area contributed by atoms with Gasteiger partial charge in [0.25, 0.3) is 11.6 Å². The second-order valence-corrected chi connectivity index (χ2v) is 5.19. The summed E-state index contributed by atoms with van der Waals surface area (Å²) in [5.74, 6) is -0.172. The van der Waals surface area contributed by atoms with Gasteiger partial charge in [0.05, 0.1) is 4.92 Å². The molecule has 21 heavy (non-hydrogen) atoms. The van der Waals surface area contributed by atoms with Gasteiger partial charge in [0.15, 0.2) is 0 Å². The minimum Gasteiger partial charge on any atom is -0.330 e. The van der Waals surface area contributed by atoms with Gasteiger partial charge in [0, 0.05) is 30.3 Å². The Labute approximate surface area is 122 Å². The average Bonchev–Trinajstić information content (AvgIpc) is 2.90. The zero-order chi connectivity index (χ0) is 15.0. The predicted molar refractivity (Wildman–Crippen MR) is 77.9 cm³/mol. The Bertz CT molecular complexity index is 715. The molecule has 0 N–H and O–H groups in total. The van der Waals surface area contributed by atoms with Gasteiger partial charge in [0.1, 0.15) is 0 Å². The third kappa shape index (κ3) is 2.38. The molecular weight excluding hydrogens is 268 g/mol. The van der Waals surface area contributed by atoms with Gasteiger partial charge in [-0.15, -0.1) is 0 Å². The number of hydrogen-bond donors (Lipinski definition) is 0. The predicted octanol–water partition coefficient (Wildman–Crippen LogP) is 3.06. The molecular formula is C16H14N2O3. The fourth-order valence-corrected chi connectivity index (χ4v) is 2.60. The zero-order valence-electron chi connectivity index (χ0n) is 11.6. The summed E-state index contributed by atoms with van der Waals surface area (Å²) < 4.78 is 0. The highest BCUT2D eigenvalue weighted by molar-refractivity contribution is 5.95. The van der Waals surface area contributed by atoms with E-state index in [-0.39, 0.29) is 11.6 Å². The number of hydrogen-bond acceptors (Lipinski definition) is 3. The van der Waals surface area contributed by atoms with Gasteiger partial charge in [-0.05, 0) is 24.1 Å². The summed E-state index contributed by atoms with van der Waals surface area (Å²) in [6.07, 6.45) is 0. The Morgan fingerprint density at radius 3 is 2.33 bits per heavy atom. The molecule has 0 bridgehead atoms. The van der Waals surface area contributed by atoms with Gasteiger partial charge >= 0.3 is 0 Å². The van der Waals surface area contributed by atoms with E-state index in [1.165, 1.54) is 6.07 Å². The number of nitrogens with zero attached hydrogens (tertiary/aromatic N) is 2. The maximum atomic E-state index is 12.5. The van der Waals surface area contributed by atoms with Gasteiger partial charge in [-0.25, -0.2) is 0 Å². The first kappa shape index (κ1) is 13.3. The van der Waals surface area contributed by atoms with Crippen LogP contribution < -0.4 is 0 Å². The molecule has 1 aliphatic heterocycles. The van der Waals surface area contributed by atoms with Crippen molar-refractivity contribution in [2.24, 2.45) is 0 Å². The summed E-state index contributed by atoms with van der Waals surface area (Å²) >= 11 is 0. The van der Waals surface area contributed by atoms with Gasteiger partial charge in [0.2, 0.25) is 0 Å². The van der Waals surface area contributed by atoms with Crippen LogP contribution in [-0.4, -0.2) is 15.7 Å². The van der Waals surface area contributed by atoms with E-state index in [0.717, 1.165) is 11.1 Å². The van der Waals surface area contributed by atoms with E-state index in [1.54, 1.807) is 24.0 Å². The minimum atomic E-state index is -0.454. The number of benzene rings is 2. The van der Waals surface area contributed by atoms with E-state index in [9.17, 15) is 14.9 Å². The third-order valence-corrected chi connectivity index (χ3v) is 3.78. The molecule has 0 spiro atoms. The number of carbonyl (C=O) groups is 1. The Morgan fingerprint density at radius 1 is 1.14 bits per heavy atom. The van der Waals surface area contributed by atoms with Crippen molar-refractivity contribution in [2.75, 3.05) is 0 Å². The maximum absolute atomic E-state index is 12.5. The van der Waals surface area contributed by atoms with Crippen LogP contribution in [0.3, 0.4) is 0 Å². The molecule has 0 atom stereocenters. The van der Waals surface area contributed by atoms with Crippen LogP contribution in [0.4, 0.5) is 5.69 Å². The monoisotopic (exact) mass is 282 g/mol. The van der Waals surface area contributed by atoms with Crippen LogP contribution in [0.5, 0.6) is 0 Å². The summed E-state index contributed by atoms with van der Waals surface area (Å²) in [6, 6.07) is 12.5. The molecule has 2 aromatic carbocycles. The number of aryl methyl sites for hydroxylation is 1. The van der Waals surface area contributed by atoms with Crippen molar-refractivity contribution in [3.8, 4) is 0 Å². The zero-order valence-corrected chi connectivity index (χ0v) is 11.6. The first-order chi connectivity index (χ1) is 10.1. The molecule has 1 heterocycles. The Hall–Kier alpha value is -2.69. The fraction of sp³-hybridized carbons (Fsp3) is 0.188. The third-order valence-electron chi connectivity index (χ3n) is 3.78. The van der Waals surface area contributed by atoms with E-state index >= 15 is 0 Å². The van der Waals surface area contributed by atoms with E-state index in [4.69, 9.17) is 0 Å². The molecule has 0 unspecified atom stereocenters. The molecule has 3 rings (SSSR count). The first-order valence-corrected chi connectivity index (χ1v) is 6.67. The summed E-state index contributed by atoms with van der Waals surface area (Å²) in [6.45, 7) is 2.77.